The lowest BCUT2D eigenvalue weighted by Gasteiger charge is -2.01. The van der Waals surface area contributed by atoms with E-state index in [9.17, 15) is 9.59 Å². The number of amides is 1. The van der Waals surface area contributed by atoms with Gasteiger partial charge in [0.25, 0.3) is 0 Å². The average Bonchev–Trinajstić information content (AvgIpc) is 3.06. The maximum absolute atomic E-state index is 12.8. The van der Waals surface area contributed by atoms with Crippen molar-refractivity contribution in [3.8, 4) is 0 Å². The summed E-state index contributed by atoms with van der Waals surface area (Å²) in [6, 6.07) is 6.88. The lowest BCUT2D eigenvalue weighted by Crippen LogP contribution is -2.20. The minimum Gasteiger partial charge on any atom is -0.359 e. The van der Waals surface area contributed by atoms with Crippen molar-refractivity contribution in [1.82, 2.24) is 9.72 Å². The van der Waals surface area contributed by atoms with Gasteiger partial charge in [0.1, 0.15) is 4.83 Å². The van der Waals surface area contributed by atoms with Crippen molar-refractivity contribution in [3.63, 3.8) is 0 Å². The van der Waals surface area contributed by atoms with Gasteiger partial charge in [0, 0.05) is 34.9 Å². The number of nitrogens with zero attached hydrogens (tertiary/aromatic N) is 1. The summed E-state index contributed by atoms with van der Waals surface area (Å²) in [4.78, 5) is 25.3. The van der Waals surface area contributed by atoms with E-state index >= 15 is 0 Å². The SMILES string of the molecule is CNC(=O)Cc1csc2c(C(=O)c3ccc(Cl)cc3)c(C)cn12. The first kappa shape index (κ1) is 15.8. The number of ketones is 1. The van der Waals surface area contributed by atoms with Crippen molar-refractivity contribution in [2.24, 2.45) is 0 Å². The van der Waals surface area contributed by atoms with Gasteiger partial charge in [-0.3, -0.25) is 9.59 Å². The fourth-order valence-corrected chi connectivity index (χ4v) is 3.74. The summed E-state index contributed by atoms with van der Waals surface area (Å²) in [5.41, 5.74) is 3.06. The molecule has 0 atom stereocenters. The molecule has 3 aromatic rings. The fraction of sp³-hybridized carbons (Fsp3) is 0.176. The molecular formula is C17H15ClN2O2S. The lowest BCUT2D eigenvalue weighted by molar-refractivity contribution is -0.120. The van der Waals surface area contributed by atoms with Crippen LogP contribution >= 0.6 is 22.9 Å². The second kappa shape index (κ2) is 6.18. The summed E-state index contributed by atoms with van der Waals surface area (Å²) in [7, 11) is 1.61. The lowest BCUT2D eigenvalue weighted by atomic mass is 10.0. The number of aromatic nitrogens is 1. The Morgan fingerprint density at radius 1 is 1.26 bits per heavy atom. The van der Waals surface area contributed by atoms with Crippen LogP contribution in [0.3, 0.4) is 0 Å². The Balaban J connectivity index is 2.04. The van der Waals surface area contributed by atoms with Gasteiger partial charge in [-0.1, -0.05) is 11.6 Å². The molecule has 2 aromatic heterocycles. The van der Waals surface area contributed by atoms with Gasteiger partial charge < -0.3 is 9.72 Å². The Bertz CT molecular complexity index is 893. The molecule has 0 aliphatic rings. The molecule has 0 saturated heterocycles. The van der Waals surface area contributed by atoms with Crippen LogP contribution in [-0.4, -0.2) is 23.1 Å². The van der Waals surface area contributed by atoms with Crippen LogP contribution in [0.2, 0.25) is 5.02 Å². The van der Waals surface area contributed by atoms with Crippen molar-refractivity contribution in [1.29, 1.82) is 0 Å². The van der Waals surface area contributed by atoms with Crippen LogP contribution in [-0.2, 0) is 11.2 Å². The third-order valence-electron chi connectivity index (χ3n) is 3.72. The zero-order chi connectivity index (χ0) is 16.6. The van der Waals surface area contributed by atoms with E-state index in [0.29, 0.717) is 22.6 Å². The summed E-state index contributed by atoms with van der Waals surface area (Å²) in [6.07, 6.45) is 2.20. The molecule has 1 N–H and O–H groups in total. The summed E-state index contributed by atoms with van der Waals surface area (Å²) < 4.78 is 1.93. The molecule has 0 spiro atoms. The number of carbonyl (C=O) groups is 2. The number of halogens is 1. The number of hydrogen-bond donors (Lipinski definition) is 1. The summed E-state index contributed by atoms with van der Waals surface area (Å²) in [6.45, 7) is 1.91. The number of nitrogens with one attached hydrogen (secondary N) is 1. The van der Waals surface area contributed by atoms with E-state index < -0.39 is 0 Å². The van der Waals surface area contributed by atoms with Crippen molar-refractivity contribution in [2.75, 3.05) is 7.05 Å². The van der Waals surface area contributed by atoms with Gasteiger partial charge in [-0.05, 0) is 36.8 Å². The second-order valence-corrected chi connectivity index (χ2v) is 6.57. The molecule has 0 saturated carbocycles. The number of likely N-dealkylation sites (N-methyl/N-ethyl adjacent to an activating group) is 1. The predicted molar refractivity (Wildman–Crippen MR) is 92.7 cm³/mol. The number of thiazole rings is 1. The number of carbonyl (C=O) groups excluding carboxylic acids is 2. The highest BCUT2D eigenvalue weighted by Crippen LogP contribution is 2.28. The van der Waals surface area contributed by atoms with E-state index in [1.807, 2.05) is 22.9 Å². The highest BCUT2D eigenvalue weighted by atomic mass is 35.5. The number of fused-ring (bicyclic) bond motifs is 1. The highest BCUT2D eigenvalue weighted by Gasteiger charge is 2.20. The molecule has 0 aliphatic carbocycles. The molecule has 23 heavy (non-hydrogen) atoms. The summed E-state index contributed by atoms with van der Waals surface area (Å²) in [5.74, 6) is -0.0864. The minimum absolute atomic E-state index is 0.0324. The Morgan fingerprint density at radius 2 is 1.96 bits per heavy atom. The molecule has 6 heteroatoms. The average molecular weight is 347 g/mol. The minimum atomic E-state index is -0.0540. The molecule has 0 radical (unpaired) electrons. The third kappa shape index (κ3) is 2.90. The van der Waals surface area contributed by atoms with Gasteiger partial charge in [-0.2, -0.15) is 0 Å². The topological polar surface area (TPSA) is 50.6 Å². The molecule has 1 amide bonds. The van der Waals surface area contributed by atoms with Gasteiger partial charge >= 0.3 is 0 Å². The van der Waals surface area contributed by atoms with E-state index in [1.54, 1.807) is 31.3 Å². The molecule has 2 heterocycles. The first-order valence-corrected chi connectivity index (χ1v) is 8.36. The molecule has 0 bridgehead atoms. The van der Waals surface area contributed by atoms with E-state index in [4.69, 9.17) is 11.6 Å². The first-order valence-electron chi connectivity index (χ1n) is 7.10. The molecule has 0 fully saturated rings. The van der Waals surface area contributed by atoms with Crippen LogP contribution in [0.4, 0.5) is 0 Å². The largest absolute Gasteiger partial charge is 0.359 e. The standard InChI is InChI=1S/C17H15ClN2O2S/c1-10-8-20-13(7-14(21)19-2)9-23-17(20)15(10)16(22)11-3-5-12(18)6-4-11/h3-6,8-9H,7H2,1-2H3,(H,19,21). The molecular weight excluding hydrogens is 332 g/mol. The maximum atomic E-state index is 12.8. The van der Waals surface area contributed by atoms with Gasteiger partial charge in [0.15, 0.2) is 5.78 Å². The zero-order valence-electron chi connectivity index (χ0n) is 12.7. The van der Waals surface area contributed by atoms with Crippen molar-refractivity contribution < 1.29 is 9.59 Å². The Morgan fingerprint density at radius 3 is 2.61 bits per heavy atom. The number of benzene rings is 1. The van der Waals surface area contributed by atoms with Gasteiger partial charge in [-0.25, -0.2) is 0 Å². The second-order valence-electron chi connectivity index (χ2n) is 5.28. The van der Waals surface area contributed by atoms with Crippen LogP contribution in [0.25, 0.3) is 4.83 Å². The summed E-state index contributed by atoms with van der Waals surface area (Å²) in [5, 5.41) is 5.14. The summed E-state index contributed by atoms with van der Waals surface area (Å²) >= 11 is 7.36. The van der Waals surface area contributed by atoms with E-state index in [2.05, 4.69) is 5.32 Å². The molecule has 4 nitrogen and oxygen atoms in total. The smallest absolute Gasteiger partial charge is 0.225 e. The van der Waals surface area contributed by atoms with Crippen LogP contribution in [0.15, 0.2) is 35.8 Å². The van der Waals surface area contributed by atoms with Crippen LogP contribution in [0.1, 0.15) is 27.2 Å². The quantitative estimate of drug-likeness (QED) is 0.735. The van der Waals surface area contributed by atoms with Gasteiger partial charge in [0.05, 0.1) is 12.0 Å². The van der Waals surface area contributed by atoms with Gasteiger partial charge in [0.2, 0.25) is 5.91 Å². The fourth-order valence-electron chi connectivity index (χ4n) is 2.52. The molecule has 3 rings (SSSR count). The van der Waals surface area contributed by atoms with Crippen LogP contribution in [0.5, 0.6) is 0 Å². The van der Waals surface area contributed by atoms with Crippen LogP contribution in [0, 0.1) is 6.92 Å². The number of hydrogen-bond acceptors (Lipinski definition) is 3. The zero-order valence-corrected chi connectivity index (χ0v) is 14.3. The number of rotatable bonds is 4. The van der Waals surface area contributed by atoms with Crippen molar-refractivity contribution in [3.05, 3.63) is 63.2 Å². The first-order chi connectivity index (χ1) is 11.0. The Hall–Kier alpha value is -2.11. The maximum Gasteiger partial charge on any atom is 0.225 e. The molecule has 0 aliphatic heterocycles. The third-order valence-corrected chi connectivity index (χ3v) is 4.99. The van der Waals surface area contributed by atoms with Crippen molar-refractivity contribution >= 4 is 39.5 Å². The number of aryl methyl sites for hydroxylation is 1. The normalized spacial score (nSPS) is 10.9. The van der Waals surface area contributed by atoms with Crippen LogP contribution < -0.4 is 5.32 Å². The monoisotopic (exact) mass is 346 g/mol. The molecule has 118 valence electrons. The predicted octanol–water partition coefficient (Wildman–Crippen LogP) is 3.48. The van der Waals surface area contributed by atoms with E-state index in [1.165, 1.54) is 11.3 Å². The molecule has 1 aromatic carbocycles. The van der Waals surface area contributed by atoms with E-state index in [-0.39, 0.29) is 11.7 Å². The van der Waals surface area contributed by atoms with E-state index in [0.717, 1.165) is 16.1 Å². The Labute approximate surface area is 142 Å². The van der Waals surface area contributed by atoms with Gasteiger partial charge in [-0.15, -0.1) is 11.3 Å². The van der Waals surface area contributed by atoms with Crippen molar-refractivity contribution in [2.45, 2.75) is 13.3 Å². The Kier molecular flexibility index (Phi) is 4.24. The molecule has 0 unspecified atom stereocenters. The highest BCUT2D eigenvalue weighted by molar-refractivity contribution is 7.16.